The van der Waals surface area contributed by atoms with E-state index in [1.807, 2.05) is 13.8 Å². The van der Waals surface area contributed by atoms with Gasteiger partial charge in [-0.25, -0.2) is 0 Å². The molecule has 3 atom stereocenters. The fourth-order valence-corrected chi connectivity index (χ4v) is 3.36. The van der Waals surface area contributed by atoms with Crippen LogP contribution in [0.2, 0.25) is 0 Å². The summed E-state index contributed by atoms with van der Waals surface area (Å²) in [6.45, 7) is 7.86. The van der Waals surface area contributed by atoms with Gasteiger partial charge in [0, 0.05) is 0 Å². The Morgan fingerprint density at radius 1 is 1.07 bits per heavy atom. The lowest BCUT2D eigenvalue weighted by atomic mass is 9.77. The molecule has 2 saturated carbocycles. The van der Waals surface area contributed by atoms with Gasteiger partial charge in [-0.3, -0.25) is 0 Å². The molecule has 0 N–H and O–H groups in total. The number of allylic oxidation sites excluding steroid dienone is 1. The topological polar surface area (TPSA) is 0 Å². The SMILES string of the molecule is C=CCC1CCC2CCCCC12.CC. The van der Waals surface area contributed by atoms with Crippen LogP contribution in [0, 0.1) is 17.8 Å². The Labute approximate surface area is 89.8 Å². The molecule has 0 aliphatic heterocycles. The normalized spacial score (nSPS) is 35.4. The minimum absolute atomic E-state index is 1.01. The highest BCUT2D eigenvalue weighted by atomic mass is 14.4. The van der Waals surface area contributed by atoms with E-state index in [2.05, 4.69) is 12.7 Å². The number of hydrogen-bond donors (Lipinski definition) is 0. The third-order valence-electron chi connectivity index (χ3n) is 3.95. The molecule has 0 heterocycles. The van der Waals surface area contributed by atoms with Crippen molar-refractivity contribution in [3.8, 4) is 0 Å². The average molecular weight is 194 g/mol. The molecule has 0 spiro atoms. The summed E-state index contributed by atoms with van der Waals surface area (Å²) in [5.74, 6) is 3.19. The van der Waals surface area contributed by atoms with Crippen molar-refractivity contribution in [2.75, 3.05) is 0 Å². The molecule has 0 heteroatoms. The van der Waals surface area contributed by atoms with Gasteiger partial charge in [-0.15, -0.1) is 6.58 Å². The average Bonchev–Trinajstić information content (AvgIpc) is 2.66. The minimum Gasteiger partial charge on any atom is -0.103 e. The monoisotopic (exact) mass is 194 g/mol. The summed E-state index contributed by atoms with van der Waals surface area (Å²) in [6, 6.07) is 0. The first-order chi connectivity index (χ1) is 6.92. The molecule has 3 unspecified atom stereocenters. The second kappa shape index (κ2) is 6.27. The molecule has 0 bridgehead atoms. The zero-order valence-corrected chi connectivity index (χ0v) is 9.97. The van der Waals surface area contributed by atoms with Crippen molar-refractivity contribution in [1.82, 2.24) is 0 Å². The Kier molecular flexibility index (Phi) is 5.29. The van der Waals surface area contributed by atoms with Crippen molar-refractivity contribution >= 4 is 0 Å². The van der Waals surface area contributed by atoms with E-state index in [9.17, 15) is 0 Å². The van der Waals surface area contributed by atoms with Crippen molar-refractivity contribution in [1.29, 1.82) is 0 Å². The Hall–Kier alpha value is -0.260. The summed E-state index contributed by atoms with van der Waals surface area (Å²) in [5, 5.41) is 0. The van der Waals surface area contributed by atoms with Crippen molar-refractivity contribution in [3.05, 3.63) is 12.7 Å². The molecule has 0 amide bonds. The molecule has 0 aromatic carbocycles. The lowest BCUT2D eigenvalue weighted by molar-refractivity contribution is 0.229. The van der Waals surface area contributed by atoms with Crippen molar-refractivity contribution in [2.45, 2.75) is 58.8 Å². The minimum atomic E-state index is 1.01. The van der Waals surface area contributed by atoms with Gasteiger partial charge in [0.2, 0.25) is 0 Å². The van der Waals surface area contributed by atoms with Crippen LogP contribution in [-0.4, -0.2) is 0 Å². The van der Waals surface area contributed by atoms with Gasteiger partial charge in [0.1, 0.15) is 0 Å². The van der Waals surface area contributed by atoms with E-state index < -0.39 is 0 Å². The Morgan fingerprint density at radius 3 is 2.50 bits per heavy atom. The summed E-state index contributed by atoms with van der Waals surface area (Å²) >= 11 is 0. The van der Waals surface area contributed by atoms with E-state index in [0.717, 1.165) is 17.8 Å². The van der Waals surface area contributed by atoms with E-state index in [1.54, 1.807) is 0 Å². The Bertz CT molecular complexity index is 159. The molecule has 0 saturated heterocycles. The molecule has 2 aliphatic rings. The third kappa shape index (κ3) is 2.62. The Balaban J connectivity index is 0.000000461. The molecule has 0 aromatic rings. The van der Waals surface area contributed by atoms with E-state index in [0.29, 0.717) is 0 Å². The molecule has 2 fully saturated rings. The second-order valence-corrected chi connectivity index (χ2v) is 4.57. The van der Waals surface area contributed by atoms with Gasteiger partial charge in [-0.2, -0.15) is 0 Å². The lowest BCUT2D eigenvalue weighted by Gasteiger charge is -2.28. The van der Waals surface area contributed by atoms with E-state index in [-0.39, 0.29) is 0 Å². The van der Waals surface area contributed by atoms with Gasteiger partial charge in [-0.1, -0.05) is 39.2 Å². The highest BCUT2D eigenvalue weighted by molar-refractivity contribution is 4.90. The highest BCUT2D eigenvalue weighted by Crippen LogP contribution is 2.47. The first-order valence-corrected chi connectivity index (χ1v) is 6.52. The van der Waals surface area contributed by atoms with Gasteiger partial charge in [0.25, 0.3) is 0 Å². The molecule has 2 rings (SSSR count). The Morgan fingerprint density at radius 2 is 1.79 bits per heavy atom. The number of hydrogen-bond acceptors (Lipinski definition) is 0. The van der Waals surface area contributed by atoms with Crippen LogP contribution < -0.4 is 0 Å². The molecular formula is C14H26. The van der Waals surface area contributed by atoms with Crippen molar-refractivity contribution in [3.63, 3.8) is 0 Å². The maximum atomic E-state index is 3.86. The summed E-state index contributed by atoms with van der Waals surface area (Å²) in [4.78, 5) is 0. The highest BCUT2D eigenvalue weighted by Gasteiger charge is 2.36. The smallest absolute Gasteiger partial charge is 0.0322 e. The molecule has 0 aromatic heterocycles. The largest absolute Gasteiger partial charge is 0.103 e. The molecule has 82 valence electrons. The first-order valence-electron chi connectivity index (χ1n) is 6.52. The van der Waals surface area contributed by atoms with Crippen LogP contribution in [0.3, 0.4) is 0 Å². The number of rotatable bonds is 2. The molecule has 14 heavy (non-hydrogen) atoms. The van der Waals surface area contributed by atoms with Gasteiger partial charge < -0.3 is 0 Å². The molecule has 0 radical (unpaired) electrons. The van der Waals surface area contributed by atoms with Gasteiger partial charge in [0.15, 0.2) is 0 Å². The van der Waals surface area contributed by atoms with Crippen molar-refractivity contribution in [2.24, 2.45) is 17.8 Å². The lowest BCUT2D eigenvalue weighted by Crippen LogP contribution is -2.18. The predicted octanol–water partition coefficient (Wildman–Crippen LogP) is 4.81. The van der Waals surface area contributed by atoms with Crippen LogP contribution in [0.15, 0.2) is 12.7 Å². The van der Waals surface area contributed by atoms with Gasteiger partial charge in [0.05, 0.1) is 0 Å². The fourth-order valence-electron chi connectivity index (χ4n) is 3.36. The van der Waals surface area contributed by atoms with E-state index >= 15 is 0 Å². The number of fused-ring (bicyclic) bond motifs is 1. The van der Waals surface area contributed by atoms with Crippen molar-refractivity contribution < 1.29 is 0 Å². The van der Waals surface area contributed by atoms with E-state index in [1.165, 1.54) is 44.9 Å². The second-order valence-electron chi connectivity index (χ2n) is 4.57. The van der Waals surface area contributed by atoms with Gasteiger partial charge >= 0.3 is 0 Å². The summed E-state index contributed by atoms with van der Waals surface area (Å²) in [7, 11) is 0. The third-order valence-corrected chi connectivity index (χ3v) is 3.95. The first kappa shape index (κ1) is 11.8. The standard InChI is InChI=1S/C12H20.C2H6/c1-2-5-10-8-9-11-6-3-4-7-12(10)11;1-2/h2,10-12H,1,3-9H2;1-2H3. The summed E-state index contributed by atoms with van der Waals surface area (Å²) in [6.07, 6.45) is 12.5. The van der Waals surface area contributed by atoms with Crippen LogP contribution in [0.5, 0.6) is 0 Å². The zero-order chi connectivity index (χ0) is 10.4. The predicted molar refractivity (Wildman–Crippen MR) is 64.3 cm³/mol. The van der Waals surface area contributed by atoms with Crippen LogP contribution >= 0.6 is 0 Å². The maximum absolute atomic E-state index is 3.86. The summed E-state index contributed by atoms with van der Waals surface area (Å²) < 4.78 is 0. The molecule has 2 aliphatic carbocycles. The quantitative estimate of drug-likeness (QED) is 0.554. The van der Waals surface area contributed by atoms with E-state index in [4.69, 9.17) is 0 Å². The van der Waals surface area contributed by atoms with Crippen LogP contribution in [0.4, 0.5) is 0 Å². The molecular weight excluding hydrogens is 168 g/mol. The van der Waals surface area contributed by atoms with Crippen LogP contribution in [0.1, 0.15) is 58.8 Å². The fraction of sp³-hybridized carbons (Fsp3) is 0.857. The maximum Gasteiger partial charge on any atom is -0.0322 e. The molecule has 0 nitrogen and oxygen atoms in total. The van der Waals surface area contributed by atoms with Crippen LogP contribution in [-0.2, 0) is 0 Å². The van der Waals surface area contributed by atoms with Crippen LogP contribution in [0.25, 0.3) is 0 Å². The van der Waals surface area contributed by atoms with Gasteiger partial charge in [-0.05, 0) is 43.4 Å². The zero-order valence-electron chi connectivity index (χ0n) is 9.97. The summed E-state index contributed by atoms with van der Waals surface area (Å²) in [5.41, 5.74) is 0.